The molecule has 5 heteroatoms. The van der Waals surface area contributed by atoms with Gasteiger partial charge in [-0.15, -0.1) is 0 Å². The summed E-state index contributed by atoms with van der Waals surface area (Å²) in [6, 6.07) is 18.9. The SMILES string of the molecule is O=C(NC1CCCc2ccccc21)c1cccn2c(=O)c3ccccc3nc12. The van der Waals surface area contributed by atoms with Gasteiger partial charge in [-0.2, -0.15) is 0 Å². The van der Waals surface area contributed by atoms with Gasteiger partial charge >= 0.3 is 0 Å². The largest absolute Gasteiger partial charge is 0.345 e. The lowest BCUT2D eigenvalue weighted by molar-refractivity contribution is 0.0934. The topological polar surface area (TPSA) is 63.5 Å². The Balaban J connectivity index is 1.58. The highest BCUT2D eigenvalue weighted by Crippen LogP contribution is 2.29. The van der Waals surface area contributed by atoms with E-state index >= 15 is 0 Å². The Labute approximate surface area is 161 Å². The van der Waals surface area contributed by atoms with Crippen LogP contribution in [0.2, 0.25) is 0 Å². The molecule has 2 heterocycles. The Morgan fingerprint density at radius 3 is 2.79 bits per heavy atom. The summed E-state index contributed by atoms with van der Waals surface area (Å²) in [7, 11) is 0. The number of rotatable bonds is 2. The summed E-state index contributed by atoms with van der Waals surface area (Å²) in [5.41, 5.74) is 3.69. The van der Waals surface area contributed by atoms with Crippen LogP contribution < -0.4 is 10.9 Å². The number of amides is 1. The highest BCUT2D eigenvalue weighted by Gasteiger charge is 2.23. The molecule has 1 aliphatic carbocycles. The maximum Gasteiger partial charge on any atom is 0.265 e. The molecule has 5 rings (SSSR count). The van der Waals surface area contributed by atoms with E-state index in [0.717, 1.165) is 19.3 Å². The first-order chi connectivity index (χ1) is 13.7. The van der Waals surface area contributed by atoms with E-state index in [-0.39, 0.29) is 17.5 Å². The van der Waals surface area contributed by atoms with Crippen LogP contribution in [-0.4, -0.2) is 15.3 Å². The predicted molar refractivity (Wildman–Crippen MR) is 109 cm³/mol. The van der Waals surface area contributed by atoms with Crippen molar-refractivity contribution in [3.8, 4) is 0 Å². The zero-order valence-electron chi connectivity index (χ0n) is 15.3. The summed E-state index contributed by atoms with van der Waals surface area (Å²) in [6.45, 7) is 0. The summed E-state index contributed by atoms with van der Waals surface area (Å²) in [5, 5.41) is 3.70. The van der Waals surface area contributed by atoms with Crippen LogP contribution in [0.4, 0.5) is 0 Å². The van der Waals surface area contributed by atoms with Gasteiger partial charge in [0.05, 0.1) is 22.5 Å². The third-order valence-electron chi connectivity index (χ3n) is 5.47. The lowest BCUT2D eigenvalue weighted by atomic mass is 9.87. The van der Waals surface area contributed by atoms with E-state index in [1.807, 2.05) is 24.3 Å². The van der Waals surface area contributed by atoms with Crippen molar-refractivity contribution in [3.63, 3.8) is 0 Å². The Bertz CT molecular complexity index is 1280. The number of fused-ring (bicyclic) bond motifs is 3. The number of carbonyl (C=O) groups excluding carboxylic acids is 1. The average molecular weight is 369 g/mol. The Hall–Kier alpha value is -3.47. The van der Waals surface area contributed by atoms with Crippen molar-refractivity contribution < 1.29 is 4.79 Å². The molecular weight excluding hydrogens is 350 g/mol. The molecule has 0 radical (unpaired) electrons. The van der Waals surface area contributed by atoms with Crippen LogP contribution in [0.3, 0.4) is 0 Å². The zero-order valence-corrected chi connectivity index (χ0v) is 15.3. The third kappa shape index (κ3) is 2.67. The van der Waals surface area contributed by atoms with Gasteiger partial charge in [0, 0.05) is 6.20 Å². The van der Waals surface area contributed by atoms with Crippen molar-refractivity contribution in [1.29, 1.82) is 0 Å². The number of aryl methyl sites for hydroxylation is 1. The van der Waals surface area contributed by atoms with Crippen LogP contribution in [0.15, 0.2) is 71.7 Å². The van der Waals surface area contributed by atoms with E-state index in [2.05, 4.69) is 22.4 Å². The maximum absolute atomic E-state index is 13.1. The van der Waals surface area contributed by atoms with Gasteiger partial charge in [-0.05, 0) is 54.7 Å². The first-order valence-corrected chi connectivity index (χ1v) is 9.51. The van der Waals surface area contributed by atoms with Crippen molar-refractivity contribution in [2.45, 2.75) is 25.3 Å². The minimum absolute atomic E-state index is 0.0233. The van der Waals surface area contributed by atoms with Crippen LogP contribution in [-0.2, 0) is 6.42 Å². The number of nitrogens with zero attached hydrogens (tertiary/aromatic N) is 2. The number of carbonyl (C=O) groups is 1. The van der Waals surface area contributed by atoms with Gasteiger partial charge in [0.1, 0.15) is 0 Å². The summed E-state index contributed by atoms with van der Waals surface area (Å²) < 4.78 is 1.45. The lowest BCUT2D eigenvalue weighted by Gasteiger charge is -2.26. The fraction of sp³-hybridized carbons (Fsp3) is 0.174. The Morgan fingerprint density at radius 2 is 1.86 bits per heavy atom. The van der Waals surface area contributed by atoms with Crippen LogP contribution in [0.25, 0.3) is 16.6 Å². The minimum Gasteiger partial charge on any atom is -0.345 e. The fourth-order valence-electron chi connectivity index (χ4n) is 4.09. The summed E-state index contributed by atoms with van der Waals surface area (Å²) in [5.74, 6) is -0.206. The molecule has 138 valence electrons. The first kappa shape index (κ1) is 16.7. The average Bonchev–Trinajstić information content (AvgIpc) is 2.74. The highest BCUT2D eigenvalue weighted by molar-refractivity contribution is 6.00. The van der Waals surface area contributed by atoms with Gasteiger partial charge in [-0.1, -0.05) is 36.4 Å². The number of nitrogens with one attached hydrogen (secondary N) is 1. The maximum atomic E-state index is 13.1. The van der Waals surface area contributed by atoms with Gasteiger partial charge < -0.3 is 5.32 Å². The van der Waals surface area contributed by atoms with E-state index in [9.17, 15) is 9.59 Å². The molecular formula is C23H19N3O2. The fourth-order valence-corrected chi connectivity index (χ4v) is 4.09. The van der Waals surface area contributed by atoms with Crippen LogP contribution in [0, 0.1) is 0 Å². The van der Waals surface area contributed by atoms with Gasteiger partial charge in [0.15, 0.2) is 5.65 Å². The molecule has 1 unspecified atom stereocenters. The van der Waals surface area contributed by atoms with Crippen molar-refractivity contribution >= 4 is 22.5 Å². The van der Waals surface area contributed by atoms with Crippen LogP contribution in [0.1, 0.15) is 40.4 Å². The van der Waals surface area contributed by atoms with E-state index in [0.29, 0.717) is 22.1 Å². The molecule has 2 aromatic carbocycles. The summed E-state index contributed by atoms with van der Waals surface area (Å²) >= 11 is 0. The summed E-state index contributed by atoms with van der Waals surface area (Å²) in [4.78, 5) is 30.5. The molecule has 5 nitrogen and oxygen atoms in total. The van der Waals surface area contributed by atoms with Gasteiger partial charge in [0.2, 0.25) is 0 Å². The molecule has 4 aromatic rings. The molecule has 1 N–H and O–H groups in total. The molecule has 0 aliphatic heterocycles. The molecule has 0 bridgehead atoms. The highest BCUT2D eigenvalue weighted by atomic mass is 16.2. The van der Waals surface area contributed by atoms with Crippen molar-refractivity contribution in [3.05, 3.63) is 93.9 Å². The first-order valence-electron chi connectivity index (χ1n) is 9.51. The molecule has 0 saturated carbocycles. The predicted octanol–water partition coefficient (Wildman–Crippen LogP) is 3.66. The monoisotopic (exact) mass is 369 g/mol. The van der Waals surface area contributed by atoms with E-state index < -0.39 is 0 Å². The molecule has 1 aliphatic rings. The van der Waals surface area contributed by atoms with E-state index in [1.165, 1.54) is 15.5 Å². The molecule has 0 saturated heterocycles. The minimum atomic E-state index is -0.206. The second-order valence-electron chi connectivity index (χ2n) is 7.17. The van der Waals surface area contributed by atoms with Crippen molar-refractivity contribution in [2.24, 2.45) is 0 Å². The lowest BCUT2D eigenvalue weighted by Crippen LogP contribution is -2.32. The number of aromatic nitrogens is 2. The van der Waals surface area contributed by atoms with Gasteiger partial charge in [-0.3, -0.25) is 14.0 Å². The number of hydrogen-bond acceptors (Lipinski definition) is 3. The smallest absolute Gasteiger partial charge is 0.265 e. The molecule has 0 spiro atoms. The number of para-hydroxylation sites is 1. The second-order valence-corrected chi connectivity index (χ2v) is 7.17. The molecule has 1 amide bonds. The van der Waals surface area contributed by atoms with E-state index in [1.54, 1.807) is 30.5 Å². The summed E-state index contributed by atoms with van der Waals surface area (Å²) in [6.07, 6.45) is 4.65. The molecule has 1 atom stereocenters. The van der Waals surface area contributed by atoms with Crippen LogP contribution >= 0.6 is 0 Å². The number of benzene rings is 2. The van der Waals surface area contributed by atoms with Gasteiger partial charge in [-0.25, -0.2) is 4.98 Å². The van der Waals surface area contributed by atoms with E-state index in [4.69, 9.17) is 0 Å². The zero-order chi connectivity index (χ0) is 19.1. The second kappa shape index (κ2) is 6.60. The molecule has 28 heavy (non-hydrogen) atoms. The van der Waals surface area contributed by atoms with Crippen molar-refractivity contribution in [1.82, 2.24) is 14.7 Å². The molecule has 2 aromatic heterocycles. The third-order valence-corrected chi connectivity index (χ3v) is 5.47. The Kier molecular flexibility index (Phi) is 3.93. The van der Waals surface area contributed by atoms with Crippen molar-refractivity contribution in [2.75, 3.05) is 0 Å². The quantitative estimate of drug-likeness (QED) is 0.549. The van der Waals surface area contributed by atoms with Gasteiger partial charge in [0.25, 0.3) is 11.5 Å². The van der Waals surface area contributed by atoms with Crippen LogP contribution in [0.5, 0.6) is 0 Å². The standard InChI is InChI=1S/C23H19N3O2/c27-22(25-19-13-5-8-15-7-1-2-9-16(15)19)18-11-6-14-26-21(18)24-20-12-4-3-10-17(20)23(26)28/h1-4,6-7,9-12,14,19H,5,8,13H2,(H,25,27). The Morgan fingerprint density at radius 1 is 1.04 bits per heavy atom. The number of hydrogen-bond donors (Lipinski definition) is 1. The molecule has 0 fully saturated rings. The number of pyridine rings is 1. The normalized spacial score (nSPS) is 16.1.